The number of ether oxygens (including phenoxy) is 1. The topological polar surface area (TPSA) is 61.8 Å². The Kier molecular flexibility index (Phi) is 4.15. The molecule has 1 fully saturated rings. The highest BCUT2D eigenvalue weighted by Crippen LogP contribution is 2.15. The summed E-state index contributed by atoms with van der Waals surface area (Å²) in [7, 11) is 1.82. The molecule has 2 unspecified atom stereocenters. The number of nitrogens with one attached hydrogen (secondary N) is 1. The van der Waals surface area contributed by atoms with E-state index in [-0.39, 0.29) is 12.1 Å². The molecule has 2 atom stereocenters. The van der Waals surface area contributed by atoms with Gasteiger partial charge in [0.05, 0.1) is 12.6 Å². The van der Waals surface area contributed by atoms with E-state index in [1.807, 2.05) is 27.8 Å². The molecule has 1 amide bonds. The van der Waals surface area contributed by atoms with Crippen molar-refractivity contribution in [2.45, 2.75) is 44.9 Å². The molecular weight excluding hydrogens is 208 g/mol. The van der Waals surface area contributed by atoms with Gasteiger partial charge in [0.1, 0.15) is 5.60 Å². The first kappa shape index (κ1) is 13.3. The standard InChI is InChI=1S/C11H22N2O3/c1-11(2,3)16-10(15)13-6-5-8(12-4)9(14)7-13/h8-9,12,14H,5-7H2,1-4H3. The van der Waals surface area contributed by atoms with Crippen molar-refractivity contribution in [3.8, 4) is 0 Å². The third-order valence-electron chi connectivity index (χ3n) is 2.60. The molecule has 0 saturated carbocycles. The van der Waals surface area contributed by atoms with Crippen LogP contribution in [-0.4, -0.2) is 54.0 Å². The zero-order valence-corrected chi connectivity index (χ0v) is 10.5. The Morgan fingerprint density at radius 3 is 2.56 bits per heavy atom. The zero-order valence-electron chi connectivity index (χ0n) is 10.5. The molecule has 5 nitrogen and oxygen atoms in total. The Bertz CT molecular complexity index is 250. The molecule has 1 heterocycles. The molecule has 16 heavy (non-hydrogen) atoms. The first-order chi connectivity index (χ1) is 7.33. The highest BCUT2D eigenvalue weighted by molar-refractivity contribution is 5.68. The number of carbonyl (C=O) groups excluding carboxylic acids is 1. The van der Waals surface area contributed by atoms with Crippen LogP contribution in [0.1, 0.15) is 27.2 Å². The Morgan fingerprint density at radius 2 is 2.12 bits per heavy atom. The molecule has 0 spiro atoms. The summed E-state index contributed by atoms with van der Waals surface area (Å²) in [5, 5.41) is 12.8. The van der Waals surface area contributed by atoms with E-state index in [1.54, 1.807) is 4.90 Å². The van der Waals surface area contributed by atoms with Gasteiger partial charge in [-0.05, 0) is 34.2 Å². The Balaban J connectivity index is 2.48. The minimum atomic E-state index is -0.522. The molecule has 94 valence electrons. The van der Waals surface area contributed by atoms with Crippen molar-refractivity contribution >= 4 is 6.09 Å². The van der Waals surface area contributed by atoms with Gasteiger partial charge in [0.15, 0.2) is 0 Å². The van der Waals surface area contributed by atoms with Crippen LogP contribution in [0.3, 0.4) is 0 Å². The second-order valence-electron chi connectivity index (χ2n) is 5.18. The second-order valence-corrected chi connectivity index (χ2v) is 5.18. The predicted molar refractivity (Wildman–Crippen MR) is 61.3 cm³/mol. The SMILES string of the molecule is CNC1CCN(C(=O)OC(C)(C)C)CC1O. The highest BCUT2D eigenvalue weighted by atomic mass is 16.6. The van der Waals surface area contributed by atoms with Crippen molar-refractivity contribution in [1.82, 2.24) is 10.2 Å². The number of hydrogen-bond acceptors (Lipinski definition) is 4. The summed E-state index contributed by atoms with van der Waals surface area (Å²) < 4.78 is 5.25. The van der Waals surface area contributed by atoms with E-state index >= 15 is 0 Å². The van der Waals surface area contributed by atoms with Crippen molar-refractivity contribution in [3.63, 3.8) is 0 Å². The van der Waals surface area contributed by atoms with Crippen LogP contribution < -0.4 is 5.32 Å². The van der Waals surface area contributed by atoms with Gasteiger partial charge < -0.3 is 20.1 Å². The summed E-state index contributed by atoms with van der Waals surface area (Å²) in [6.07, 6.45) is -0.121. The van der Waals surface area contributed by atoms with Crippen LogP contribution in [0.4, 0.5) is 4.79 Å². The fourth-order valence-corrected chi connectivity index (χ4v) is 1.76. The molecule has 0 aliphatic carbocycles. The predicted octanol–water partition coefficient (Wildman–Crippen LogP) is 0.576. The smallest absolute Gasteiger partial charge is 0.410 e. The molecule has 0 bridgehead atoms. The maximum absolute atomic E-state index is 11.7. The molecule has 2 N–H and O–H groups in total. The molecule has 1 aliphatic heterocycles. The lowest BCUT2D eigenvalue weighted by molar-refractivity contribution is -0.00384. The van der Waals surface area contributed by atoms with Crippen LogP contribution in [-0.2, 0) is 4.74 Å². The minimum Gasteiger partial charge on any atom is -0.444 e. The molecule has 1 aliphatic rings. The quantitative estimate of drug-likeness (QED) is 0.691. The van der Waals surface area contributed by atoms with Crippen LogP contribution in [0.15, 0.2) is 0 Å². The maximum Gasteiger partial charge on any atom is 0.410 e. The summed E-state index contributed by atoms with van der Waals surface area (Å²) >= 11 is 0. The van der Waals surface area contributed by atoms with Crippen molar-refractivity contribution < 1.29 is 14.6 Å². The van der Waals surface area contributed by atoms with E-state index < -0.39 is 11.7 Å². The van der Waals surface area contributed by atoms with E-state index in [9.17, 15) is 9.90 Å². The van der Waals surface area contributed by atoms with Crippen molar-refractivity contribution in [1.29, 1.82) is 0 Å². The molecule has 0 radical (unpaired) electrons. The number of likely N-dealkylation sites (tertiary alicyclic amines) is 1. The van der Waals surface area contributed by atoms with Gasteiger partial charge in [-0.25, -0.2) is 4.79 Å². The van der Waals surface area contributed by atoms with Crippen molar-refractivity contribution in [3.05, 3.63) is 0 Å². The molecule has 5 heteroatoms. The lowest BCUT2D eigenvalue weighted by Crippen LogP contribution is -2.54. The summed E-state index contributed by atoms with van der Waals surface area (Å²) in [6, 6.07) is 0.0682. The Labute approximate surface area is 96.8 Å². The van der Waals surface area contributed by atoms with Gasteiger partial charge in [-0.3, -0.25) is 0 Å². The summed E-state index contributed by atoms with van der Waals surface area (Å²) in [4.78, 5) is 13.3. The Morgan fingerprint density at radius 1 is 1.50 bits per heavy atom. The lowest BCUT2D eigenvalue weighted by atomic mass is 10.0. The van der Waals surface area contributed by atoms with Gasteiger partial charge in [0, 0.05) is 12.6 Å². The van der Waals surface area contributed by atoms with Gasteiger partial charge in [-0.1, -0.05) is 0 Å². The number of aliphatic hydroxyl groups excluding tert-OH is 1. The van der Waals surface area contributed by atoms with Crippen LogP contribution in [0.5, 0.6) is 0 Å². The third kappa shape index (κ3) is 3.64. The van der Waals surface area contributed by atoms with E-state index in [1.165, 1.54) is 0 Å². The summed E-state index contributed by atoms with van der Waals surface area (Å²) in [5.74, 6) is 0. The average molecular weight is 230 g/mol. The van der Waals surface area contributed by atoms with E-state index in [0.717, 1.165) is 6.42 Å². The summed E-state index contributed by atoms with van der Waals surface area (Å²) in [5.41, 5.74) is -0.484. The number of aliphatic hydroxyl groups is 1. The zero-order chi connectivity index (χ0) is 12.3. The molecular formula is C11H22N2O3. The highest BCUT2D eigenvalue weighted by Gasteiger charge is 2.31. The number of β-amino-alcohol motifs (C(OH)–C–C–N with tert-alkyl or cyclic N) is 1. The van der Waals surface area contributed by atoms with Gasteiger partial charge in [0.2, 0.25) is 0 Å². The van der Waals surface area contributed by atoms with Crippen LogP contribution in [0.25, 0.3) is 0 Å². The minimum absolute atomic E-state index is 0.0682. The second kappa shape index (κ2) is 5.01. The largest absolute Gasteiger partial charge is 0.444 e. The first-order valence-corrected chi connectivity index (χ1v) is 5.67. The molecule has 1 rings (SSSR count). The molecule has 1 saturated heterocycles. The number of piperidine rings is 1. The number of carbonyl (C=O) groups is 1. The van der Waals surface area contributed by atoms with Gasteiger partial charge in [0.25, 0.3) is 0 Å². The molecule has 0 aromatic rings. The van der Waals surface area contributed by atoms with Crippen molar-refractivity contribution in [2.24, 2.45) is 0 Å². The fraction of sp³-hybridized carbons (Fsp3) is 0.909. The normalized spacial score (nSPS) is 26.7. The van der Waals surface area contributed by atoms with Crippen LogP contribution >= 0.6 is 0 Å². The number of amides is 1. The Hall–Kier alpha value is -0.810. The van der Waals surface area contributed by atoms with Crippen molar-refractivity contribution in [2.75, 3.05) is 20.1 Å². The monoisotopic (exact) mass is 230 g/mol. The first-order valence-electron chi connectivity index (χ1n) is 5.67. The van der Waals surface area contributed by atoms with E-state index in [2.05, 4.69) is 5.32 Å². The molecule has 0 aromatic heterocycles. The number of likely N-dealkylation sites (N-methyl/N-ethyl adjacent to an activating group) is 1. The maximum atomic E-state index is 11.7. The van der Waals surface area contributed by atoms with Crippen LogP contribution in [0.2, 0.25) is 0 Å². The van der Waals surface area contributed by atoms with Gasteiger partial charge in [-0.15, -0.1) is 0 Å². The number of hydrogen-bond donors (Lipinski definition) is 2. The number of nitrogens with zero attached hydrogens (tertiary/aromatic N) is 1. The van der Waals surface area contributed by atoms with Crippen LogP contribution in [0, 0.1) is 0 Å². The number of rotatable bonds is 1. The average Bonchev–Trinajstić information content (AvgIpc) is 2.15. The molecule has 0 aromatic carbocycles. The van der Waals surface area contributed by atoms with E-state index in [0.29, 0.717) is 13.1 Å². The summed E-state index contributed by atoms with van der Waals surface area (Å²) in [6.45, 7) is 6.46. The lowest BCUT2D eigenvalue weighted by Gasteiger charge is -2.36. The van der Waals surface area contributed by atoms with E-state index in [4.69, 9.17) is 4.74 Å². The van der Waals surface area contributed by atoms with Gasteiger partial charge >= 0.3 is 6.09 Å². The van der Waals surface area contributed by atoms with Gasteiger partial charge in [-0.2, -0.15) is 0 Å². The fourth-order valence-electron chi connectivity index (χ4n) is 1.76. The third-order valence-corrected chi connectivity index (χ3v) is 2.60.